The molecule has 3 N–H and O–H groups in total. The van der Waals surface area contributed by atoms with Crippen molar-refractivity contribution < 1.29 is 13.2 Å². The molecule has 1 atom stereocenters. The zero-order valence-corrected chi connectivity index (χ0v) is 16.3. The van der Waals surface area contributed by atoms with Crippen LogP contribution in [0.4, 0.5) is 0 Å². The summed E-state index contributed by atoms with van der Waals surface area (Å²) in [4.78, 5) is 0.222. The summed E-state index contributed by atoms with van der Waals surface area (Å²) in [5.41, 5.74) is 5.78. The van der Waals surface area contributed by atoms with Gasteiger partial charge in [-0.05, 0) is 59.8 Å². The average molecular weight is 428 g/mol. The summed E-state index contributed by atoms with van der Waals surface area (Å²) in [5.74, 6) is 0.971. The highest BCUT2D eigenvalue weighted by Crippen LogP contribution is 2.30. The van der Waals surface area contributed by atoms with Crippen LogP contribution in [0.3, 0.4) is 0 Å². The fourth-order valence-electron chi connectivity index (χ4n) is 2.89. The molecule has 1 aromatic rings. The maximum Gasteiger partial charge on any atom is 0.240 e. The first-order valence-corrected chi connectivity index (χ1v) is 9.90. The van der Waals surface area contributed by atoms with Gasteiger partial charge in [-0.3, -0.25) is 0 Å². The molecule has 0 heterocycles. The quantitative estimate of drug-likeness (QED) is 0.700. The van der Waals surface area contributed by atoms with Gasteiger partial charge in [0.1, 0.15) is 5.75 Å². The van der Waals surface area contributed by atoms with Gasteiger partial charge in [0.2, 0.25) is 10.0 Å². The van der Waals surface area contributed by atoms with Crippen LogP contribution in [0.2, 0.25) is 0 Å². The number of rotatable bonds is 7. The van der Waals surface area contributed by atoms with Gasteiger partial charge in [0.15, 0.2) is 0 Å². The highest BCUT2D eigenvalue weighted by Gasteiger charge is 2.28. The minimum Gasteiger partial charge on any atom is -0.493 e. The van der Waals surface area contributed by atoms with E-state index in [9.17, 15) is 8.42 Å². The third kappa shape index (κ3) is 5.32. The van der Waals surface area contributed by atoms with Crippen molar-refractivity contribution in [2.45, 2.75) is 43.5 Å². The molecular formula is C15H24BrClN2O3S. The van der Waals surface area contributed by atoms with E-state index in [1.807, 2.05) is 6.92 Å². The Morgan fingerprint density at radius 2 is 2.04 bits per heavy atom. The Labute approximate surface area is 152 Å². The van der Waals surface area contributed by atoms with Gasteiger partial charge in [0.05, 0.1) is 16.0 Å². The van der Waals surface area contributed by atoms with E-state index >= 15 is 0 Å². The monoisotopic (exact) mass is 426 g/mol. The van der Waals surface area contributed by atoms with Crippen LogP contribution in [0.15, 0.2) is 27.6 Å². The van der Waals surface area contributed by atoms with Crippen LogP contribution in [0.5, 0.6) is 5.75 Å². The van der Waals surface area contributed by atoms with E-state index < -0.39 is 10.0 Å². The van der Waals surface area contributed by atoms with Gasteiger partial charge in [0.25, 0.3) is 0 Å². The number of nitrogens with two attached hydrogens (primary N) is 1. The molecule has 0 aromatic heterocycles. The molecule has 132 valence electrons. The molecule has 8 heteroatoms. The van der Waals surface area contributed by atoms with Crippen molar-refractivity contribution in [3.05, 3.63) is 22.7 Å². The predicted molar refractivity (Wildman–Crippen MR) is 97.7 cm³/mol. The molecular weight excluding hydrogens is 404 g/mol. The summed E-state index contributed by atoms with van der Waals surface area (Å²) in [7, 11) is -3.58. The van der Waals surface area contributed by atoms with Crippen molar-refractivity contribution in [1.82, 2.24) is 4.72 Å². The van der Waals surface area contributed by atoms with Crippen molar-refractivity contribution in [3.8, 4) is 5.75 Å². The third-order valence-corrected chi connectivity index (χ3v) is 6.15. The molecule has 1 fully saturated rings. The second-order valence-electron chi connectivity index (χ2n) is 5.53. The molecule has 2 rings (SSSR count). The van der Waals surface area contributed by atoms with E-state index in [0.717, 1.165) is 25.7 Å². The lowest BCUT2D eigenvalue weighted by Crippen LogP contribution is -2.44. The Morgan fingerprint density at radius 1 is 1.39 bits per heavy atom. The van der Waals surface area contributed by atoms with Crippen LogP contribution in [0.25, 0.3) is 0 Å². The Morgan fingerprint density at radius 3 is 2.57 bits per heavy atom. The second-order valence-corrected chi connectivity index (χ2v) is 8.10. The number of hydrogen-bond acceptors (Lipinski definition) is 4. The van der Waals surface area contributed by atoms with Gasteiger partial charge in [0, 0.05) is 12.6 Å². The molecule has 23 heavy (non-hydrogen) atoms. The average Bonchev–Trinajstić information content (AvgIpc) is 3.01. The Bertz CT molecular complexity index is 607. The highest BCUT2D eigenvalue weighted by molar-refractivity contribution is 9.10. The van der Waals surface area contributed by atoms with Gasteiger partial charge >= 0.3 is 0 Å². The zero-order chi connectivity index (χ0) is 16.2. The maximum absolute atomic E-state index is 12.6. The Kier molecular flexibility index (Phi) is 8.30. The summed E-state index contributed by atoms with van der Waals surface area (Å²) in [6, 6.07) is 4.59. The van der Waals surface area contributed by atoms with Crippen molar-refractivity contribution in [1.29, 1.82) is 0 Å². The minimum atomic E-state index is -3.58. The molecule has 0 amide bonds. The van der Waals surface area contributed by atoms with Crippen LogP contribution < -0.4 is 15.2 Å². The van der Waals surface area contributed by atoms with E-state index in [2.05, 4.69) is 20.7 Å². The van der Waals surface area contributed by atoms with Crippen LogP contribution in [0.1, 0.15) is 32.6 Å². The molecule has 5 nitrogen and oxygen atoms in total. The van der Waals surface area contributed by atoms with Crippen LogP contribution in [-0.4, -0.2) is 27.6 Å². The van der Waals surface area contributed by atoms with Crippen molar-refractivity contribution >= 4 is 38.4 Å². The van der Waals surface area contributed by atoms with E-state index in [1.165, 1.54) is 0 Å². The van der Waals surface area contributed by atoms with Gasteiger partial charge in [-0.25, -0.2) is 13.1 Å². The fraction of sp³-hybridized carbons (Fsp3) is 0.600. The molecule has 1 aliphatic rings. The number of ether oxygens (including phenoxy) is 1. The molecule has 0 bridgehead atoms. The first-order valence-electron chi connectivity index (χ1n) is 7.62. The molecule has 1 saturated carbocycles. The van der Waals surface area contributed by atoms with Crippen LogP contribution in [0, 0.1) is 5.92 Å². The lowest BCUT2D eigenvalue weighted by molar-refractivity contribution is 0.338. The normalized spacial score (nSPS) is 16.8. The summed E-state index contributed by atoms with van der Waals surface area (Å²) in [5, 5.41) is 0. The summed E-state index contributed by atoms with van der Waals surface area (Å²) in [6.45, 7) is 2.73. The molecule has 0 saturated heterocycles. The Balaban J connectivity index is 0.00000264. The lowest BCUT2D eigenvalue weighted by Gasteiger charge is -2.23. The molecule has 1 aromatic carbocycles. The first kappa shape index (κ1) is 20.7. The summed E-state index contributed by atoms with van der Waals surface area (Å²) in [6.07, 6.45) is 4.38. The maximum atomic E-state index is 12.6. The first-order chi connectivity index (χ1) is 10.5. The molecule has 0 spiro atoms. The topological polar surface area (TPSA) is 81.4 Å². The van der Waals surface area contributed by atoms with Gasteiger partial charge < -0.3 is 10.5 Å². The highest BCUT2D eigenvalue weighted by atomic mass is 79.9. The van der Waals surface area contributed by atoms with E-state index in [0.29, 0.717) is 29.3 Å². The minimum absolute atomic E-state index is 0. The smallest absolute Gasteiger partial charge is 0.240 e. The number of halogens is 2. The van der Waals surface area contributed by atoms with Crippen molar-refractivity contribution in [2.24, 2.45) is 11.7 Å². The van der Waals surface area contributed by atoms with E-state index in [-0.39, 0.29) is 23.3 Å². The largest absolute Gasteiger partial charge is 0.493 e. The standard InChI is InChI=1S/C15H23BrN2O3S.ClH/c1-2-21-15-8-7-12(9-13(15)16)22(19,20)18-14(10-17)11-5-3-4-6-11;/h7-9,11,14,18H,2-6,10,17H2,1H3;1H. The molecule has 0 radical (unpaired) electrons. The molecule has 1 unspecified atom stereocenters. The van der Waals surface area contributed by atoms with Gasteiger partial charge in [-0.2, -0.15) is 0 Å². The Hall–Kier alpha value is -0.340. The predicted octanol–water partition coefficient (Wildman–Crippen LogP) is 3.07. The zero-order valence-electron chi connectivity index (χ0n) is 13.1. The second kappa shape index (κ2) is 9.22. The van der Waals surface area contributed by atoms with Gasteiger partial charge in [-0.15, -0.1) is 12.4 Å². The van der Waals surface area contributed by atoms with E-state index in [1.54, 1.807) is 18.2 Å². The number of sulfonamides is 1. The SMILES string of the molecule is CCOc1ccc(S(=O)(=O)NC(CN)C2CCCC2)cc1Br.Cl. The summed E-state index contributed by atoms with van der Waals surface area (Å²) >= 11 is 3.35. The van der Waals surface area contributed by atoms with Crippen molar-refractivity contribution in [2.75, 3.05) is 13.2 Å². The number of nitrogens with one attached hydrogen (secondary N) is 1. The fourth-order valence-corrected chi connectivity index (χ4v) is 4.87. The third-order valence-electron chi connectivity index (χ3n) is 4.04. The van der Waals surface area contributed by atoms with Crippen LogP contribution >= 0.6 is 28.3 Å². The number of benzene rings is 1. The number of hydrogen-bond donors (Lipinski definition) is 2. The summed E-state index contributed by atoms with van der Waals surface area (Å²) < 4.78 is 33.9. The van der Waals surface area contributed by atoms with E-state index in [4.69, 9.17) is 10.5 Å². The molecule has 1 aliphatic carbocycles. The molecule has 0 aliphatic heterocycles. The van der Waals surface area contributed by atoms with Crippen LogP contribution in [-0.2, 0) is 10.0 Å². The van der Waals surface area contributed by atoms with Gasteiger partial charge in [-0.1, -0.05) is 12.8 Å². The lowest BCUT2D eigenvalue weighted by atomic mass is 9.99. The van der Waals surface area contributed by atoms with Crippen molar-refractivity contribution in [3.63, 3.8) is 0 Å².